The van der Waals surface area contributed by atoms with Gasteiger partial charge < -0.3 is 110 Å². The van der Waals surface area contributed by atoms with Crippen molar-refractivity contribution in [1.82, 2.24) is 80.5 Å². The third-order valence-corrected chi connectivity index (χ3v) is 26.1. The molecule has 1 saturated carbocycles. The number of ether oxygens (including phenoxy) is 9. The van der Waals surface area contributed by atoms with Crippen LogP contribution in [0.5, 0.6) is 0 Å². The van der Waals surface area contributed by atoms with Crippen LogP contribution in [0.2, 0.25) is 0 Å². The number of nitrogen functional groups attached to an aromatic ring is 2. The molecule has 4 aliphatic heterocycles. The second kappa shape index (κ2) is 48.4. The Balaban J connectivity index is 0.474. The van der Waals surface area contributed by atoms with E-state index in [9.17, 15) is 53.7 Å². The summed E-state index contributed by atoms with van der Waals surface area (Å²) in [6, 6.07) is 2.97. The number of piperazine rings is 1. The lowest BCUT2D eigenvalue weighted by Gasteiger charge is -2.42. The van der Waals surface area contributed by atoms with Crippen LogP contribution in [0.15, 0.2) is 101 Å². The average Bonchev–Trinajstić information content (AvgIpc) is 1.56. The summed E-state index contributed by atoms with van der Waals surface area (Å²) in [4.78, 5) is 147. The Labute approximate surface area is 788 Å². The fourth-order valence-corrected chi connectivity index (χ4v) is 18.0. The van der Waals surface area contributed by atoms with E-state index in [0.717, 1.165) is 21.6 Å². The topological polar surface area (TPSA) is 556 Å². The standard InChI is InChI=1S/C94H129N21O21/c1-55-16-10-9-11-17-56(2)72(127-7)47-65-22-19-60(6)94(126,136-65)84(121)88(123)113-28-14-12-18-69(113)89(124)133-73(48-70(116)57(3)43-59(5)81(119)82(120)80(118)58(4)42-55)66(95)44-61-20-23-68(74(45-61)128-8)115-79-78(108-110-115)83(79)135-93(125)99-27-35-130-37-39-132-41-40-131-38-36-129-34-25-75(117)100-49-62-50-101-91(102-51-62)111-30-32-112(33-31-111)92-103-52-64(53-104-92)87(122)98-26-13-15-29-114-86-76(85(96)105-54-106-86)77(109-114)63-21-24-71-67(46-63)107-90(97)134-71/h9-11,16-17,21,24,43,46,50-55,57-58,60-61,65-66,68-69,72-74,81-83,119-120,126H,12-15,18-20,22-23,25-42,44-45,47-49,95H2,1-8H3,(H2,97,107)(H,98,122)(H,99,125)(H,100,117)(H2,96,105,106)/b11-9?,16-10+,56-17?,59-43+/t55-,57-,58-,60-,61+,65+,66-,68+,69+,72+,73+,74-,81-,82+,83?,94-/m1/s1. The highest BCUT2D eigenvalue weighted by molar-refractivity contribution is 6.39. The van der Waals surface area contributed by atoms with Crippen LogP contribution >= 0.6 is 0 Å². The number of aliphatic hydroxyl groups is 3. The first-order chi connectivity index (χ1) is 65.6. The Morgan fingerprint density at radius 1 is 0.728 bits per heavy atom. The lowest BCUT2D eigenvalue weighted by molar-refractivity contribution is -0.265. The molecular formula is C94H129N21O21. The van der Waals surface area contributed by atoms with E-state index in [0.29, 0.717) is 186 Å². The van der Waals surface area contributed by atoms with Gasteiger partial charge in [0.15, 0.2) is 23.1 Å². The van der Waals surface area contributed by atoms with Gasteiger partial charge in [-0.25, -0.2) is 48.9 Å². The normalized spacial score (nSPS) is 26.2. The summed E-state index contributed by atoms with van der Waals surface area (Å²) in [7, 11) is 3.13. The number of esters is 1. The van der Waals surface area contributed by atoms with Crippen LogP contribution in [-0.2, 0) is 84.5 Å². The third kappa shape index (κ3) is 26.4. The summed E-state index contributed by atoms with van der Waals surface area (Å²) >= 11 is 0. The van der Waals surface area contributed by atoms with E-state index in [4.69, 9.17) is 69.3 Å². The van der Waals surface area contributed by atoms with E-state index < -0.39 is 120 Å². The number of hydrogen-bond acceptors (Lipinski definition) is 36. The van der Waals surface area contributed by atoms with Crippen molar-refractivity contribution in [3.05, 3.63) is 119 Å². The maximum absolute atomic E-state index is 14.8. The van der Waals surface area contributed by atoms with Gasteiger partial charge in [0.25, 0.3) is 23.6 Å². The number of ketones is 3. The summed E-state index contributed by atoms with van der Waals surface area (Å²) < 4.78 is 61.6. The molecule has 136 heavy (non-hydrogen) atoms. The van der Waals surface area contributed by atoms with Gasteiger partial charge in [-0.05, 0) is 132 Å². The second-order valence-corrected chi connectivity index (χ2v) is 35.9. The van der Waals surface area contributed by atoms with Crippen molar-refractivity contribution < 1.29 is 101 Å². The molecule has 12 N–H and O–H groups in total. The number of methoxy groups -OCH3 is 2. The van der Waals surface area contributed by atoms with Crippen molar-refractivity contribution in [1.29, 1.82) is 0 Å². The van der Waals surface area contributed by atoms with Gasteiger partial charge in [0, 0.05) is 152 Å². The van der Waals surface area contributed by atoms with E-state index in [-0.39, 0.29) is 120 Å². The molecule has 42 nitrogen and oxygen atoms in total. The molecule has 6 aromatic heterocycles. The Hall–Kier alpha value is -11.6. The van der Waals surface area contributed by atoms with E-state index in [1.807, 2.05) is 61.3 Å². The molecule has 2 bridgehead atoms. The molecule has 1 aromatic carbocycles. The molecule has 4 fully saturated rings. The number of aromatic nitrogens is 12. The van der Waals surface area contributed by atoms with Crippen LogP contribution in [-0.4, -0.2) is 294 Å². The number of rotatable bonds is 33. The minimum Gasteiger partial charge on any atom is -0.459 e. The number of alkyl carbamates (subject to hydrolysis) is 1. The Morgan fingerprint density at radius 3 is 2.15 bits per heavy atom. The molecule has 1 unspecified atom stereocenters. The summed E-state index contributed by atoms with van der Waals surface area (Å²) in [5, 5.41) is 57.5. The van der Waals surface area contributed by atoms with Crippen molar-refractivity contribution in [3.63, 3.8) is 0 Å². The van der Waals surface area contributed by atoms with Crippen molar-refractivity contribution in [2.45, 2.75) is 218 Å². The number of aryl methyl sites for hydroxylation is 1. The van der Waals surface area contributed by atoms with Crippen LogP contribution in [0.4, 0.5) is 28.5 Å². The number of benzene rings is 1. The van der Waals surface area contributed by atoms with Crippen LogP contribution in [0.3, 0.4) is 0 Å². The number of cyclic esters (lactones) is 1. The van der Waals surface area contributed by atoms with E-state index >= 15 is 0 Å². The van der Waals surface area contributed by atoms with Gasteiger partial charge in [-0.3, -0.25) is 28.8 Å². The van der Waals surface area contributed by atoms with Gasteiger partial charge in [-0.1, -0.05) is 69.4 Å². The number of nitrogens with two attached hydrogens (primary N) is 3. The fourth-order valence-electron chi connectivity index (χ4n) is 18.0. The van der Waals surface area contributed by atoms with Crippen LogP contribution in [0, 0.1) is 29.6 Å². The molecule has 0 spiro atoms. The van der Waals surface area contributed by atoms with Gasteiger partial charge >= 0.3 is 12.1 Å². The number of carbonyl (C=O) groups excluding carboxylic acids is 8. The number of fused-ring (bicyclic) bond motifs is 6. The fraction of sp³-hybridized carbons (Fsp3) is 0.596. The Morgan fingerprint density at radius 2 is 1.43 bits per heavy atom. The number of allylic oxidation sites excluding steroid dienone is 6. The molecule has 2 aliphatic carbocycles. The number of amides is 4. The quantitative estimate of drug-likeness (QED) is 0.0101. The number of hydrogen-bond donors (Lipinski definition) is 9. The van der Waals surface area contributed by atoms with E-state index in [2.05, 4.69) is 66.1 Å². The molecule has 13 rings (SSSR count). The van der Waals surface area contributed by atoms with Gasteiger partial charge in [0.1, 0.15) is 64.9 Å². The number of carbonyl (C=O) groups is 8. The first-order valence-electron chi connectivity index (χ1n) is 47.0. The van der Waals surface area contributed by atoms with Gasteiger partial charge in [0.2, 0.25) is 23.6 Å². The third-order valence-electron chi connectivity index (χ3n) is 26.1. The maximum atomic E-state index is 14.8. The first kappa shape index (κ1) is 102. The Kier molecular flexibility index (Phi) is 36.3. The monoisotopic (exact) mass is 1890 g/mol. The molecule has 3 saturated heterocycles. The molecule has 16 atom stereocenters. The van der Waals surface area contributed by atoms with Gasteiger partial charge in [0.05, 0.1) is 88.2 Å². The van der Waals surface area contributed by atoms with Gasteiger partial charge in [-0.15, -0.1) is 5.10 Å². The van der Waals surface area contributed by atoms with Crippen LogP contribution in [0.1, 0.15) is 177 Å². The number of piperidine rings is 1. The smallest absolute Gasteiger partial charge is 0.408 e. The number of oxazole rings is 1. The summed E-state index contributed by atoms with van der Waals surface area (Å²) in [5.74, 6) is -8.39. The van der Waals surface area contributed by atoms with Crippen molar-refractivity contribution in [2.75, 3.05) is 134 Å². The molecule has 7 aromatic rings. The van der Waals surface area contributed by atoms with Crippen molar-refractivity contribution in [2.24, 2.45) is 35.3 Å². The lowest BCUT2D eigenvalue weighted by atomic mass is 9.79. The summed E-state index contributed by atoms with van der Waals surface area (Å²) in [6.07, 6.45) is 16.4. The molecule has 42 heteroatoms. The number of anilines is 4. The lowest BCUT2D eigenvalue weighted by Crippen LogP contribution is -2.61. The number of nitrogens with zero attached hydrogens (tertiary/aromatic N) is 15. The number of nitrogens with one attached hydrogen (secondary N) is 3. The predicted molar refractivity (Wildman–Crippen MR) is 495 cm³/mol. The Bertz CT molecular complexity index is 5370. The average molecular weight is 1890 g/mol. The number of aliphatic hydroxyl groups excluding tert-OH is 2. The largest absolute Gasteiger partial charge is 0.459 e. The molecular weight excluding hydrogens is 1760 g/mol. The van der Waals surface area contributed by atoms with Crippen molar-refractivity contribution in [3.8, 4) is 11.3 Å². The van der Waals surface area contributed by atoms with Gasteiger partial charge in [-0.2, -0.15) is 10.1 Å². The number of unbranched alkanes of at least 4 members (excludes halogenated alkanes) is 1. The first-order valence-corrected chi connectivity index (χ1v) is 47.0. The SMILES string of the molecule is CO[C@H]1C[C@@H]2CC[C@@H](C)[C@@](O)(O2)C(=O)C(=O)N2CCCC[C@H]2C(=O)O[C@H]([C@H](N)C[C@@H]2CC[C@H](n3nnc4c3C4OC(=O)NCCOCCOCCOCCOCCC(=O)NCc3cnc(N4CCN(c5ncc(C(=O)NCCCCn6nc(-c7ccc8oc(N)nc8c7)c7c(N)ncnc76)cn5)CC4)nc3)[C@H](OC)C2)CC(=O)[C@H](C)/C=C(\C)[C@@H](O)[C@@H](O)C(=O)[C@H](C)C[C@H](C)/C=C/C=CC=C1C. The van der Waals surface area contributed by atoms with E-state index in [1.54, 1.807) is 62.8 Å². The summed E-state index contributed by atoms with van der Waals surface area (Å²) in [6.45, 7) is 16.2. The van der Waals surface area contributed by atoms with Crippen LogP contribution in [0.25, 0.3) is 33.4 Å². The highest BCUT2D eigenvalue weighted by Crippen LogP contribution is 2.47. The minimum atomic E-state index is -2.52. The highest BCUT2D eigenvalue weighted by atomic mass is 16.6. The highest BCUT2D eigenvalue weighted by Gasteiger charge is 2.54. The summed E-state index contributed by atoms with van der Waals surface area (Å²) in [5.41, 5.74) is 25.5. The van der Waals surface area contributed by atoms with E-state index in [1.165, 1.54) is 31.7 Å². The molecule has 4 amide bonds. The maximum Gasteiger partial charge on any atom is 0.408 e. The number of Topliss-reactive ketones (excluding diaryl/α,β-unsaturated/α-hetero) is 3. The van der Waals surface area contributed by atoms with Crippen LogP contribution < -0.4 is 43.0 Å². The van der Waals surface area contributed by atoms with Crippen molar-refractivity contribution >= 4 is 93.0 Å². The molecule has 0 radical (unpaired) electrons. The molecule has 6 aliphatic rings. The zero-order chi connectivity index (χ0) is 96.7. The minimum absolute atomic E-state index is 0.00592. The second-order valence-electron chi connectivity index (χ2n) is 35.9. The zero-order valence-electron chi connectivity index (χ0n) is 78.5. The molecule has 736 valence electrons. The zero-order valence-corrected chi connectivity index (χ0v) is 78.5. The molecule has 10 heterocycles. The predicted octanol–water partition coefficient (Wildman–Crippen LogP) is 5.82.